The summed E-state index contributed by atoms with van der Waals surface area (Å²) in [4.78, 5) is 21.0. The lowest BCUT2D eigenvalue weighted by Gasteiger charge is -2.06. The summed E-state index contributed by atoms with van der Waals surface area (Å²) in [5.74, 6) is -0.0648. The maximum atomic E-state index is 12.0. The van der Waals surface area contributed by atoms with Crippen LogP contribution in [0, 0.1) is 13.8 Å². The number of amides is 1. The minimum atomic E-state index is -0.308. The fraction of sp³-hybridized carbons (Fsp3) is 0.133. The average Bonchev–Trinajstić information content (AvgIpc) is 2.87. The van der Waals surface area contributed by atoms with Gasteiger partial charge in [0.05, 0.1) is 22.4 Å². The number of aromatic nitrogens is 2. The summed E-state index contributed by atoms with van der Waals surface area (Å²) in [7, 11) is 0. The first-order valence-electron chi connectivity index (χ1n) is 6.34. The Morgan fingerprint density at radius 3 is 2.48 bits per heavy atom. The van der Waals surface area contributed by atoms with Gasteiger partial charge in [-0.25, -0.2) is 9.97 Å². The lowest BCUT2D eigenvalue weighted by Crippen LogP contribution is -2.10. The molecule has 5 nitrogen and oxygen atoms in total. The van der Waals surface area contributed by atoms with Gasteiger partial charge in [-0.15, -0.1) is 0 Å². The summed E-state index contributed by atoms with van der Waals surface area (Å²) in [6.45, 7) is 3.83. The second-order valence-electron chi connectivity index (χ2n) is 4.66. The molecule has 0 saturated carbocycles. The van der Waals surface area contributed by atoms with Crippen molar-refractivity contribution < 1.29 is 9.21 Å². The van der Waals surface area contributed by atoms with E-state index in [0.29, 0.717) is 10.4 Å². The molecule has 0 fully saturated rings. The molecule has 0 saturated heterocycles. The fourth-order valence-electron chi connectivity index (χ4n) is 1.94. The molecule has 0 spiro atoms. The van der Waals surface area contributed by atoms with Crippen LogP contribution in [0.5, 0.6) is 0 Å². The number of halogens is 1. The van der Waals surface area contributed by atoms with Crippen molar-refractivity contribution >= 4 is 38.6 Å². The molecule has 6 heteroatoms. The molecule has 1 aromatic carbocycles. The first-order valence-corrected chi connectivity index (χ1v) is 7.14. The van der Waals surface area contributed by atoms with Gasteiger partial charge in [0.15, 0.2) is 10.4 Å². The van der Waals surface area contributed by atoms with Gasteiger partial charge in [-0.2, -0.15) is 0 Å². The number of aryl methyl sites for hydroxylation is 2. The monoisotopic (exact) mass is 345 g/mol. The zero-order valence-electron chi connectivity index (χ0n) is 11.5. The molecule has 3 aromatic rings. The van der Waals surface area contributed by atoms with Crippen molar-refractivity contribution in [2.75, 3.05) is 5.32 Å². The highest BCUT2D eigenvalue weighted by atomic mass is 79.9. The summed E-state index contributed by atoms with van der Waals surface area (Å²) in [6, 6.07) is 8.70. The first kappa shape index (κ1) is 13.8. The Labute approximate surface area is 129 Å². The van der Waals surface area contributed by atoms with Crippen LogP contribution in [0.15, 0.2) is 39.4 Å². The number of rotatable bonds is 2. The second-order valence-corrected chi connectivity index (χ2v) is 5.44. The van der Waals surface area contributed by atoms with Crippen LogP contribution in [0.2, 0.25) is 0 Å². The molecule has 2 heterocycles. The molecule has 106 valence electrons. The second kappa shape index (κ2) is 5.29. The van der Waals surface area contributed by atoms with E-state index >= 15 is 0 Å². The molecule has 0 atom stereocenters. The molecule has 1 N–H and O–H groups in total. The van der Waals surface area contributed by atoms with Gasteiger partial charge < -0.3 is 9.73 Å². The minimum absolute atomic E-state index is 0.244. The summed E-state index contributed by atoms with van der Waals surface area (Å²) in [5.41, 5.74) is 3.98. The van der Waals surface area contributed by atoms with E-state index in [1.165, 1.54) is 0 Å². The quantitative estimate of drug-likeness (QED) is 0.765. The SMILES string of the molecule is Cc1nc2ccc(NC(=O)c3ccc(Br)o3)cc2nc1C. The van der Waals surface area contributed by atoms with Gasteiger partial charge >= 0.3 is 0 Å². The number of carbonyl (C=O) groups is 1. The molecule has 0 aliphatic carbocycles. The molecule has 0 aliphatic heterocycles. The Balaban J connectivity index is 1.91. The molecule has 0 unspecified atom stereocenters. The third-order valence-electron chi connectivity index (χ3n) is 3.13. The van der Waals surface area contributed by atoms with Crippen molar-refractivity contribution in [2.45, 2.75) is 13.8 Å². The van der Waals surface area contributed by atoms with Crippen LogP contribution in [0.3, 0.4) is 0 Å². The smallest absolute Gasteiger partial charge is 0.291 e. The van der Waals surface area contributed by atoms with Crippen molar-refractivity contribution in [3.05, 3.63) is 52.1 Å². The summed E-state index contributed by atoms with van der Waals surface area (Å²) in [5, 5.41) is 2.78. The van der Waals surface area contributed by atoms with Crippen LogP contribution < -0.4 is 5.32 Å². The van der Waals surface area contributed by atoms with E-state index in [2.05, 4.69) is 31.2 Å². The molecular formula is C15H12BrN3O2. The van der Waals surface area contributed by atoms with E-state index in [0.717, 1.165) is 22.4 Å². The van der Waals surface area contributed by atoms with E-state index in [-0.39, 0.29) is 11.7 Å². The zero-order chi connectivity index (χ0) is 15.0. The molecular weight excluding hydrogens is 334 g/mol. The maximum Gasteiger partial charge on any atom is 0.291 e. The number of nitrogens with zero attached hydrogens (tertiary/aromatic N) is 2. The summed E-state index contributed by atoms with van der Waals surface area (Å²) < 4.78 is 5.73. The highest BCUT2D eigenvalue weighted by Gasteiger charge is 2.11. The van der Waals surface area contributed by atoms with Gasteiger partial charge in [0.1, 0.15) is 0 Å². The van der Waals surface area contributed by atoms with Crippen LogP contribution in [0.25, 0.3) is 11.0 Å². The Morgan fingerprint density at radius 1 is 1.10 bits per heavy atom. The van der Waals surface area contributed by atoms with E-state index in [9.17, 15) is 4.79 Å². The Bertz CT molecular complexity index is 842. The third-order valence-corrected chi connectivity index (χ3v) is 3.56. The molecule has 21 heavy (non-hydrogen) atoms. The number of nitrogens with one attached hydrogen (secondary N) is 1. The topological polar surface area (TPSA) is 68.0 Å². The van der Waals surface area contributed by atoms with E-state index in [1.54, 1.807) is 24.3 Å². The van der Waals surface area contributed by atoms with Gasteiger partial charge in [-0.3, -0.25) is 4.79 Å². The predicted octanol–water partition coefficient (Wildman–Crippen LogP) is 3.85. The standard InChI is InChI=1S/C15H12BrN3O2/c1-8-9(2)18-12-7-10(3-4-11(12)17-8)19-15(20)13-5-6-14(16)21-13/h3-7H,1-2H3,(H,19,20). The Hall–Kier alpha value is -2.21. The fourth-order valence-corrected chi connectivity index (χ4v) is 2.24. The van der Waals surface area contributed by atoms with Crippen LogP contribution in [-0.4, -0.2) is 15.9 Å². The molecule has 1 amide bonds. The number of carbonyl (C=O) groups excluding carboxylic acids is 1. The number of hydrogen-bond acceptors (Lipinski definition) is 4. The maximum absolute atomic E-state index is 12.0. The van der Waals surface area contributed by atoms with Gasteiger partial charge in [0.25, 0.3) is 5.91 Å². The number of furan rings is 1. The predicted molar refractivity (Wildman–Crippen MR) is 83.4 cm³/mol. The van der Waals surface area contributed by atoms with Crippen LogP contribution in [0.1, 0.15) is 21.9 Å². The van der Waals surface area contributed by atoms with Gasteiger partial charge in [0, 0.05) is 5.69 Å². The van der Waals surface area contributed by atoms with Crippen LogP contribution in [0.4, 0.5) is 5.69 Å². The Morgan fingerprint density at radius 2 is 1.81 bits per heavy atom. The van der Waals surface area contributed by atoms with Crippen molar-refractivity contribution in [2.24, 2.45) is 0 Å². The molecule has 2 aromatic heterocycles. The number of anilines is 1. The van der Waals surface area contributed by atoms with Crippen LogP contribution >= 0.6 is 15.9 Å². The van der Waals surface area contributed by atoms with Gasteiger partial charge in [-0.1, -0.05) is 0 Å². The summed E-state index contributed by atoms with van der Waals surface area (Å²) in [6.07, 6.45) is 0. The molecule has 0 bridgehead atoms. The lowest BCUT2D eigenvalue weighted by atomic mass is 10.2. The highest BCUT2D eigenvalue weighted by Crippen LogP contribution is 2.19. The van der Waals surface area contributed by atoms with Crippen molar-refractivity contribution in [3.8, 4) is 0 Å². The third kappa shape index (κ3) is 2.80. The van der Waals surface area contributed by atoms with Crippen molar-refractivity contribution in [3.63, 3.8) is 0 Å². The number of hydrogen-bond donors (Lipinski definition) is 1. The lowest BCUT2D eigenvalue weighted by molar-refractivity contribution is 0.0995. The number of fused-ring (bicyclic) bond motifs is 1. The summed E-state index contributed by atoms with van der Waals surface area (Å²) >= 11 is 3.17. The van der Waals surface area contributed by atoms with E-state index < -0.39 is 0 Å². The largest absolute Gasteiger partial charge is 0.444 e. The highest BCUT2D eigenvalue weighted by molar-refractivity contribution is 9.10. The number of benzene rings is 1. The van der Waals surface area contributed by atoms with Gasteiger partial charge in [0.2, 0.25) is 0 Å². The van der Waals surface area contributed by atoms with E-state index in [1.807, 2.05) is 19.9 Å². The minimum Gasteiger partial charge on any atom is -0.444 e. The molecule has 3 rings (SSSR count). The zero-order valence-corrected chi connectivity index (χ0v) is 13.1. The normalized spacial score (nSPS) is 10.8. The molecule has 0 radical (unpaired) electrons. The van der Waals surface area contributed by atoms with Crippen LogP contribution in [-0.2, 0) is 0 Å². The Kier molecular flexibility index (Phi) is 3.47. The van der Waals surface area contributed by atoms with Crippen molar-refractivity contribution in [1.29, 1.82) is 0 Å². The first-order chi connectivity index (χ1) is 10.0. The molecule has 0 aliphatic rings. The van der Waals surface area contributed by atoms with Gasteiger partial charge in [-0.05, 0) is 60.1 Å². The van der Waals surface area contributed by atoms with E-state index in [4.69, 9.17) is 4.42 Å². The average molecular weight is 346 g/mol. The van der Waals surface area contributed by atoms with Crippen molar-refractivity contribution in [1.82, 2.24) is 9.97 Å².